The SMILES string of the molecule is CCOC(=S)COc1cc(Cl)ccc1C. The monoisotopic (exact) mass is 244 g/mol. The summed E-state index contributed by atoms with van der Waals surface area (Å²) in [6.45, 7) is 4.69. The van der Waals surface area contributed by atoms with E-state index in [4.69, 9.17) is 33.3 Å². The summed E-state index contributed by atoms with van der Waals surface area (Å²) < 4.78 is 10.6. The third-order valence-corrected chi connectivity index (χ3v) is 2.27. The Balaban J connectivity index is 2.57. The zero-order chi connectivity index (χ0) is 11.3. The molecule has 0 fully saturated rings. The van der Waals surface area contributed by atoms with E-state index < -0.39 is 0 Å². The van der Waals surface area contributed by atoms with Gasteiger partial charge in [-0.25, -0.2) is 0 Å². The molecule has 0 heterocycles. The molecular weight excluding hydrogens is 232 g/mol. The van der Waals surface area contributed by atoms with E-state index in [2.05, 4.69) is 0 Å². The van der Waals surface area contributed by atoms with Crippen molar-refractivity contribution in [2.45, 2.75) is 13.8 Å². The van der Waals surface area contributed by atoms with Crippen molar-refractivity contribution < 1.29 is 9.47 Å². The van der Waals surface area contributed by atoms with Crippen LogP contribution in [-0.2, 0) is 4.74 Å². The summed E-state index contributed by atoms with van der Waals surface area (Å²) in [6.07, 6.45) is 0. The number of halogens is 1. The van der Waals surface area contributed by atoms with Crippen LogP contribution in [0.1, 0.15) is 12.5 Å². The Morgan fingerprint density at radius 3 is 2.87 bits per heavy atom. The molecule has 0 atom stereocenters. The summed E-state index contributed by atoms with van der Waals surface area (Å²) in [5.74, 6) is 0.740. The predicted octanol–water partition coefficient (Wildman–Crippen LogP) is 3.39. The standard InChI is InChI=1S/C11H13ClO2S/c1-3-13-11(15)7-14-10-6-9(12)5-4-8(10)2/h4-6H,3,7H2,1-2H3. The summed E-state index contributed by atoms with van der Waals surface area (Å²) in [5, 5.41) is 1.11. The molecule has 0 N–H and O–H groups in total. The average molecular weight is 245 g/mol. The number of aryl methyl sites for hydroxylation is 1. The maximum atomic E-state index is 5.85. The van der Waals surface area contributed by atoms with Gasteiger partial charge in [0.05, 0.1) is 6.61 Å². The van der Waals surface area contributed by atoms with Crippen LogP contribution in [0.25, 0.3) is 0 Å². The molecular formula is C11H13ClO2S. The zero-order valence-corrected chi connectivity index (χ0v) is 10.3. The molecule has 0 saturated carbocycles. The molecule has 0 aliphatic carbocycles. The van der Waals surface area contributed by atoms with Gasteiger partial charge in [0, 0.05) is 5.02 Å². The van der Waals surface area contributed by atoms with Gasteiger partial charge in [0.25, 0.3) is 0 Å². The van der Waals surface area contributed by atoms with Gasteiger partial charge in [0.1, 0.15) is 5.75 Å². The Morgan fingerprint density at radius 2 is 2.20 bits per heavy atom. The van der Waals surface area contributed by atoms with Crippen LogP contribution in [0.5, 0.6) is 5.75 Å². The van der Waals surface area contributed by atoms with E-state index in [1.165, 1.54) is 0 Å². The van der Waals surface area contributed by atoms with Crippen molar-refractivity contribution in [3.05, 3.63) is 28.8 Å². The zero-order valence-electron chi connectivity index (χ0n) is 8.75. The van der Waals surface area contributed by atoms with Crippen LogP contribution < -0.4 is 4.74 Å². The van der Waals surface area contributed by atoms with Gasteiger partial charge in [-0.15, -0.1) is 0 Å². The van der Waals surface area contributed by atoms with Crippen LogP contribution in [0.15, 0.2) is 18.2 Å². The molecule has 15 heavy (non-hydrogen) atoms. The first-order chi connectivity index (χ1) is 7.13. The van der Waals surface area contributed by atoms with E-state index in [-0.39, 0.29) is 6.61 Å². The number of benzene rings is 1. The van der Waals surface area contributed by atoms with Gasteiger partial charge >= 0.3 is 0 Å². The minimum atomic E-state index is 0.282. The molecule has 1 rings (SSSR count). The van der Waals surface area contributed by atoms with Crippen molar-refractivity contribution >= 4 is 28.9 Å². The molecule has 0 amide bonds. The van der Waals surface area contributed by atoms with Gasteiger partial charge < -0.3 is 9.47 Å². The Hall–Kier alpha value is -0.800. The normalized spacial score (nSPS) is 9.80. The van der Waals surface area contributed by atoms with Crippen LogP contribution in [0.2, 0.25) is 5.02 Å². The third-order valence-electron chi connectivity index (χ3n) is 1.80. The highest BCUT2D eigenvalue weighted by Gasteiger charge is 2.03. The van der Waals surface area contributed by atoms with Gasteiger partial charge in [-0.05, 0) is 43.8 Å². The quantitative estimate of drug-likeness (QED) is 0.757. The van der Waals surface area contributed by atoms with E-state index in [1.54, 1.807) is 6.07 Å². The number of hydrogen-bond acceptors (Lipinski definition) is 3. The van der Waals surface area contributed by atoms with Crippen LogP contribution in [-0.4, -0.2) is 18.3 Å². The molecule has 2 nitrogen and oxygen atoms in total. The largest absolute Gasteiger partial charge is 0.484 e. The van der Waals surface area contributed by atoms with Gasteiger partial charge in [0.2, 0.25) is 0 Å². The summed E-state index contributed by atoms with van der Waals surface area (Å²) in [4.78, 5) is 0. The highest BCUT2D eigenvalue weighted by atomic mass is 35.5. The minimum Gasteiger partial charge on any atom is -0.484 e. The van der Waals surface area contributed by atoms with Crippen molar-refractivity contribution in [3.63, 3.8) is 0 Å². The van der Waals surface area contributed by atoms with Gasteiger partial charge in [-0.3, -0.25) is 0 Å². The van der Waals surface area contributed by atoms with Crippen molar-refractivity contribution in [1.29, 1.82) is 0 Å². The van der Waals surface area contributed by atoms with Crippen LogP contribution in [0.4, 0.5) is 0 Å². The summed E-state index contributed by atoms with van der Waals surface area (Å²) in [7, 11) is 0. The van der Waals surface area contributed by atoms with Crippen molar-refractivity contribution in [2.75, 3.05) is 13.2 Å². The first-order valence-electron chi connectivity index (χ1n) is 4.68. The average Bonchev–Trinajstić information content (AvgIpc) is 2.20. The fourth-order valence-electron chi connectivity index (χ4n) is 1.07. The van der Waals surface area contributed by atoms with E-state index in [9.17, 15) is 0 Å². The lowest BCUT2D eigenvalue weighted by Gasteiger charge is -2.10. The molecule has 82 valence electrons. The first kappa shape index (κ1) is 12.3. The molecule has 1 aromatic carbocycles. The Kier molecular flexibility index (Phi) is 4.85. The van der Waals surface area contributed by atoms with Gasteiger partial charge in [-0.2, -0.15) is 0 Å². The Labute approximate surface area is 100 Å². The fourth-order valence-corrected chi connectivity index (χ4v) is 1.41. The maximum Gasteiger partial charge on any atom is 0.197 e. The lowest BCUT2D eigenvalue weighted by Crippen LogP contribution is -2.12. The highest BCUT2D eigenvalue weighted by molar-refractivity contribution is 7.80. The molecule has 0 unspecified atom stereocenters. The molecule has 1 aromatic rings. The number of rotatable bonds is 4. The van der Waals surface area contributed by atoms with Gasteiger partial charge in [0.15, 0.2) is 11.7 Å². The van der Waals surface area contributed by atoms with Crippen molar-refractivity contribution in [1.82, 2.24) is 0 Å². The highest BCUT2D eigenvalue weighted by Crippen LogP contribution is 2.22. The Bertz CT molecular complexity index is 352. The Morgan fingerprint density at radius 1 is 1.47 bits per heavy atom. The van der Waals surface area contributed by atoms with Crippen LogP contribution in [0.3, 0.4) is 0 Å². The van der Waals surface area contributed by atoms with E-state index in [0.717, 1.165) is 11.3 Å². The maximum absolute atomic E-state index is 5.85. The summed E-state index contributed by atoms with van der Waals surface area (Å²) >= 11 is 10.8. The second-order valence-electron chi connectivity index (χ2n) is 3.00. The molecule has 0 aromatic heterocycles. The second-order valence-corrected chi connectivity index (χ2v) is 3.90. The van der Waals surface area contributed by atoms with E-state index >= 15 is 0 Å². The lowest BCUT2D eigenvalue weighted by molar-refractivity contribution is 0.284. The molecule has 0 aliphatic rings. The molecule has 0 saturated heterocycles. The van der Waals surface area contributed by atoms with E-state index in [0.29, 0.717) is 16.7 Å². The molecule has 0 bridgehead atoms. The number of thiocarbonyl (C=S) groups is 1. The minimum absolute atomic E-state index is 0.282. The molecule has 0 spiro atoms. The van der Waals surface area contributed by atoms with Crippen LogP contribution >= 0.6 is 23.8 Å². The smallest absolute Gasteiger partial charge is 0.197 e. The van der Waals surface area contributed by atoms with Crippen molar-refractivity contribution in [3.8, 4) is 5.75 Å². The lowest BCUT2D eigenvalue weighted by atomic mass is 10.2. The topological polar surface area (TPSA) is 18.5 Å². The summed E-state index contributed by atoms with van der Waals surface area (Å²) in [5.41, 5.74) is 1.03. The molecule has 0 radical (unpaired) electrons. The van der Waals surface area contributed by atoms with Crippen molar-refractivity contribution in [2.24, 2.45) is 0 Å². The predicted molar refractivity (Wildman–Crippen MR) is 65.9 cm³/mol. The third kappa shape index (κ3) is 4.06. The van der Waals surface area contributed by atoms with Gasteiger partial charge in [-0.1, -0.05) is 17.7 Å². The first-order valence-corrected chi connectivity index (χ1v) is 5.46. The fraction of sp³-hybridized carbons (Fsp3) is 0.364. The number of ether oxygens (including phenoxy) is 2. The van der Waals surface area contributed by atoms with E-state index in [1.807, 2.05) is 26.0 Å². The molecule has 0 aliphatic heterocycles. The number of hydrogen-bond donors (Lipinski definition) is 0. The van der Waals surface area contributed by atoms with Crippen LogP contribution in [0, 0.1) is 6.92 Å². The summed E-state index contributed by atoms with van der Waals surface area (Å²) in [6, 6.07) is 5.50. The molecule has 4 heteroatoms. The second kappa shape index (κ2) is 5.93.